The number of nitrogens with zero attached hydrogens (tertiary/aromatic N) is 1. The third-order valence-electron chi connectivity index (χ3n) is 5.45. The molecular formula is C16H24N2O15P3-3. The van der Waals surface area contributed by atoms with Crippen molar-refractivity contribution in [2.24, 2.45) is 5.92 Å². The van der Waals surface area contributed by atoms with Gasteiger partial charge in [0.2, 0.25) is 0 Å². The molecule has 7 atom stereocenters. The number of nitrogens with one attached hydrogen (secondary N) is 1. The lowest BCUT2D eigenvalue weighted by Crippen LogP contribution is -2.37. The minimum absolute atomic E-state index is 0.130. The van der Waals surface area contributed by atoms with Crippen LogP contribution in [0.1, 0.15) is 38.3 Å². The molecule has 3 rings (SSSR count). The quantitative estimate of drug-likeness (QED) is 0.245. The highest BCUT2D eigenvalue weighted by Crippen LogP contribution is 2.63. The molecule has 1 aromatic heterocycles. The zero-order valence-electron chi connectivity index (χ0n) is 18.5. The van der Waals surface area contributed by atoms with Gasteiger partial charge in [0.1, 0.15) is 18.3 Å². The Hall–Kier alpha value is -1.03. The van der Waals surface area contributed by atoms with Crippen molar-refractivity contribution in [2.75, 3.05) is 13.2 Å². The molecule has 0 aromatic carbocycles. The molecule has 206 valence electrons. The van der Waals surface area contributed by atoms with Crippen LogP contribution >= 0.6 is 23.5 Å². The Morgan fingerprint density at radius 2 is 1.53 bits per heavy atom. The number of rotatable bonds is 11. The first-order valence-corrected chi connectivity index (χ1v) is 15.0. The van der Waals surface area contributed by atoms with E-state index in [0.29, 0.717) is 17.4 Å². The second kappa shape index (κ2) is 11.8. The lowest BCUT2D eigenvalue weighted by molar-refractivity contribution is -0.252. The number of phosphoric ester groups is 2. The molecule has 2 aliphatic rings. The maximum atomic E-state index is 11.9. The maximum Gasteiger partial charge on any atom is 0.330 e. The van der Waals surface area contributed by atoms with Gasteiger partial charge in [0.15, 0.2) is 6.23 Å². The molecule has 1 aromatic rings. The first kappa shape index (κ1) is 29.5. The second-order valence-corrected chi connectivity index (χ2v) is 12.7. The number of hydrogen-bond acceptors (Lipinski definition) is 15. The number of aliphatic hydroxyl groups is 2. The van der Waals surface area contributed by atoms with E-state index in [9.17, 15) is 48.2 Å². The standard InChI is InChI=1S/C16H27N2O15P3/c19-12-6-7-18(16(22)17-12)15-14(21)13(20)11(31-15)9-30-35(25,26)33-36(27,28)32-34(23,24)29-8-10-4-2-1-3-5-10/h6-7,10-11,13-15,20-21H,1-5,8-9H2,(H,23,24)(H,25,26)(H,27,28)(H,17,19,22)/p-3/t11-,13+,14?,15-/m1/s1. The van der Waals surface area contributed by atoms with E-state index in [1.165, 1.54) is 0 Å². The van der Waals surface area contributed by atoms with E-state index >= 15 is 0 Å². The van der Waals surface area contributed by atoms with E-state index in [4.69, 9.17) is 4.74 Å². The number of ether oxygens (including phenoxy) is 1. The first-order chi connectivity index (χ1) is 16.7. The Labute approximate surface area is 203 Å². The fourth-order valence-corrected chi connectivity index (χ4v) is 7.19. The van der Waals surface area contributed by atoms with E-state index < -0.39 is 65.9 Å². The highest BCUT2D eigenvalue weighted by Gasteiger charge is 2.44. The van der Waals surface area contributed by atoms with E-state index in [2.05, 4.69) is 17.7 Å². The number of hydrogen-bond donors (Lipinski definition) is 3. The Kier molecular flexibility index (Phi) is 9.67. The van der Waals surface area contributed by atoms with Gasteiger partial charge in [0.05, 0.1) is 13.2 Å². The van der Waals surface area contributed by atoms with Crippen LogP contribution in [0, 0.1) is 5.92 Å². The van der Waals surface area contributed by atoms with E-state index in [-0.39, 0.29) is 12.5 Å². The summed E-state index contributed by atoms with van der Waals surface area (Å²) < 4.78 is 57.8. The third-order valence-corrected chi connectivity index (χ3v) is 9.58. The topological polar surface area (TPSA) is 262 Å². The number of aromatic amines is 1. The monoisotopic (exact) mass is 577 g/mol. The summed E-state index contributed by atoms with van der Waals surface area (Å²) in [7, 11) is -17.4. The van der Waals surface area contributed by atoms with Crippen LogP contribution in [0.15, 0.2) is 21.9 Å². The third kappa shape index (κ3) is 8.23. The van der Waals surface area contributed by atoms with Crippen molar-refractivity contribution in [2.45, 2.75) is 56.6 Å². The lowest BCUT2D eigenvalue weighted by Gasteiger charge is -2.35. The van der Waals surface area contributed by atoms with Crippen molar-refractivity contribution in [1.82, 2.24) is 9.55 Å². The molecule has 1 saturated heterocycles. The van der Waals surface area contributed by atoms with Crippen LogP contribution in [0.25, 0.3) is 0 Å². The van der Waals surface area contributed by atoms with Crippen LogP contribution in [0.2, 0.25) is 0 Å². The van der Waals surface area contributed by atoms with E-state index in [1.807, 2.05) is 4.98 Å². The fourth-order valence-electron chi connectivity index (χ4n) is 3.75. The summed E-state index contributed by atoms with van der Waals surface area (Å²) in [6.07, 6.45) is -1.78. The SMILES string of the molecule is O=c1ccn([C@@H]2O[C@H](COP(=O)([O-])OP(=O)([O-])OP(=O)([O-])OCC3CCCCC3)[C@H](O)C2O)c(=O)[nH]1. The van der Waals surface area contributed by atoms with E-state index in [0.717, 1.165) is 31.5 Å². The predicted molar refractivity (Wildman–Crippen MR) is 111 cm³/mol. The summed E-state index contributed by atoms with van der Waals surface area (Å²) in [6.45, 7) is -1.45. The lowest BCUT2D eigenvalue weighted by atomic mass is 9.90. The predicted octanol–water partition coefficient (Wildman–Crippen LogP) is -1.79. The molecule has 2 fully saturated rings. The number of aromatic nitrogens is 2. The van der Waals surface area contributed by atoms with Crippen LogP contribution in [0.4, 0.5) is 0 Å². The zero-order chi connectivity index (χ0) is 26.7. The molecule has 0 radical (unpaired) electrons. The summed E-state index contributed by atoms with van der Waals surface area (Å²) in [6, 6.07) is 0.923. The van der Waals surface area contributed by atoms with Gasteiger partial charge in [-0.2, -0.15) is 0 Å². The Morgan fingerprint density at radius 1 is 0.944 bits per heavy atom. The Bertz CT molecular complexity index is 1160. The molecule has 1 aliphatic carbocycles. The van der Waals surface area contributed by atoms with Crippen LogP contribution < -0.4 is 25.9 Å². The summed E-state index contributed by atoms with van der Waals surface area (Å²) in [5, 5.41) is 20.2. The summed E-state index contributed by atoms with van der Waals surface area (Å²) in [5.41, 5.74) is -1.75. The molecule has 2 heterocycles. The highest BCUT2D eigenvalue weighted by atomic mass is 31.3. The number of H-pyrrole nitrogens is 1. The van der Waals surface area contributed by atoms with Crippen molar-refractivity contribution >= 4 is 23.5 Å². The van der Waals surface area contributed by atoms with Gasteiger partial charge in [-0.25, -0.2) is 13.4 Å². The molecule has 36 heavy (non-hydrogen) atoms. The fraction of sp³-hybridized carbons (Fsp3) is 0.750. The van der Waals surface area contributed by atoms with Crippen molar-refractivity contribution < 1.29 is 61.0 Å². The molecule has 0 bridgehead atoms. The van der Waals surface area contributed by atoms with Crippen molar-refractivity contribution in [3.05, 3.63) is 33.1 Å². The second-order valence-electron chi connectivity index (χ2n) is 8.16. The molecule has 3 N–H and O–H groups in total. The minimum Gasteiger partial charge on any atom is -0.756 e. The molecule has 1 saturated carbocycles. The van der Waals surface area contributed by atoms with Gasteiger partial charge in [0, 0.05) is 12.3 Å². The molecule has 20 heteroatoms. The van der Waals surface area contributed by atoms with Crippen LogP contribution in [-0.4, -0.2) is 51.3 Å². The molecule has 4 unspecified atom stereocenters. The van der Waals surface area contributed by atoms with Gasteiger partial charge in [-0.05, 0) is 18.8 Å². The van der Waals surface area contributed by atoms with Crippen LogP contribution in [-0.2, 0) is 36.1 Å². The van der Waals surface area contributed by atoms with Gasteiger partial charge in [-0.15, -0.1) is 0 Å². The van der Waals surface area contributed by atoms with Gasteiger partial charge in [-0.3, -0.25) is 28.0 Å². The van der Waals surface area contributed by atoms with Crippen molar-refractivity contribution in [3.8, 4) is 0 Å². The first-order valence-electron chi connectivity index (χ1n) is 10.7. The molecule has 1 aliphatic heterocycles. The Balaban J connectivity index is 1.54. The normalized spacial score (nSPS) is 30.4. The Morgan fingerprint density at radius 3 is 2.11 bits per heavy atom. The van der Waals surface area contributed by atoms with Crippen molar-refractivity contribution in [3.63, 3.8) is 0 Å². The number of phosphoric acid groups is 3. The van der Waals surface area contributed by atoms with Crippen LogP contribution in [0.3, 0.4) is 0 Å². The number of aliphatic hydroxyl groups excluding tert-OH is 2. The highest BCUT2D eigenvalue weighted by molar-refractivity contribution is 7.65. The summed E-state index contributed by atoms with van der Waals surface area (Å²) in [4.78, 5) is 60.5. The molecule has 0 amide bonds. The molecular weight excluding hydrogens is 553 g/mol. The molecule has 0 spiro atoms. The smallest absolute Gasteiger partial charge is 0.330 e. The average Bonchev–Trinajstić information content (AvgIpc) is 3.04. The zero-order valence-corrected chi connectivity index (χ0v) is 21.2. The summed E-state index contributed by atoms with van der Waals surface area (Å²) in [5.74, 6) is -0.130. The van der Waals surface area contributed by atoms with Gasteiger partial charge >= 0.3 is 5.69 Å². The maximum absolute atomic E-state index is 11.9. The summed E-state index contributed by atoms with van der Waals surface area (Å²) >= 11 is 0. The largest absolute Gasteiger partial charge is 0.756 e. The van der Waals surface area contributed by atoms with Gasteiger partial charge in [0.25, 0.3) is 29.0 Å². The van der Waals surface area contributed by atoms with Crippen LogP contribution in [0.5, 0.6) is 0 Å². The van der Waals surface area contributed by atoms with E-state index in [1.54, 1.807) is 0 Å². The minimum atomic E-state index is -6.05. The van der Waals surface area contributed by atoms with Crippen molar-refractivity contribution in [1.29, 1.82) is 0 Å². The van der Waals surface area contributed by atoms with Gasteiger partial charge < -0.3 is 38.7 Å². The average molecular weight is 577 g/mol. The van der Waals surface area contributed by atoms with Gasteiger partial charge in [-0.1, -0.05) is 19.3 Å². The molecule has 17 nitrogen and oxygen atoms in total.